The quantitative estimate of drug-likeness (QED) is 0.169. The Balaban J connectivity index is 0.000000251. The highest BCUT2D eigenvalue weighted by Crippen LogP contribution is 2.49. The van der Waals surface area contributed by atoms with Crippen molar-refractivity contribution in [3.63, 3.8) is 0 Å². The minimum Gasteiger partial charge on any atom is -0.252 e. The van der Waals surface area contributed by atoms with Crippen molar-refractivity contribution in [3.05, 3.63) is 96.1 Å². The zero-order valence-corrected chi connectivity index (χ0v) is 27.2. The summed E-state index contributed by atoms with van der Waals surface area (Å²) in [5.74, 6) is -5.49. The second-order valence-electron chi connectivity index (χ2n) is 13.3. The Bertz CT molecular complexity index is 1520. The zero-order chi connectivity index (χ0) is 34.7. The van der Waals surface area contributed by atoms with Crippen LogP contribution in [0.4, 0.5) is 30.7 Å². The summed E-state index contributed by atoms with van der Waals surface area (Å²) >= 11 is 0. The number of hydrogen-bond acceptors (Lipinski definition) is 4. The fourth-order valence-corrected chi connectivity index (χ4v) is 6.55. The van der Waals surface area contributed by atoms with Crippen molar-refractivity contribution < 1.29 is 30.7 Å². The van der Waals surface area contributed by atoms with Gasteiger partial charge in [0.2, 0.25) is 0 Å². The highest BCUT2D eigenvalue weighted by Gasteiger charge is 2.55. The first-order chi connectivity index (χ1) is 21.2. The second kappa shape index (κ2) is 13.5. The molecule has 13 heteroatoms. The summed E-state index contributed by atoms with van der Waals surface area (Å²) in [6.45, 7) is 14.7. The van der Waals surface area contributed by atoms with E-state index in [0.717, 1.165) is 24.6 Å². The number of hydrogen-bond donors (Lipinski definition) is 0. The summed E-state index contributed by atoms with van der Waals surface area (Å²) in [5, 5.41) is 8.05. The lowest BCUT2D eigenvalue weighted by Gasteiger charge is -2.48. The van der Waals surface area contributed by atoms with Crippen LogP contribution in [0.1, 0.15) is 72.1 Å². The van der Waals surface area contributed by atoms with Crippen LogP contribution in [0.15, 0.2) is 67.8 Å². The van der Waals surface area contributed by atoms with Crippen LogP contribution in [0, 0.1) is 28.9 Å². The predicted octanol–water partition coefficient (Wildman–Crippen LogP) is 8.74. The summed E-state index contributed by atoms with van der Waals surface area (Å²) in [7, 11) is 0. The Kier molecular flexibility index (Phi) is 10.8. The smallest absolute Gasteiger partial charge is 0.252 e. The van der Waals surface area contributed by atoms with Gasteiger partial charge in [0.15, 0.2) is 0 Å². The molecular formula is C33H41F7N6. The van der Waals surface area contributed by atoms with E-state index < -0.39 is 40.6 Å². The van der Waals surface area contributed by atoms with E-state index in [1.165, 1.54) is 35.8 Å². The third-order valence-corrected chi connectivity index (χ3v) is 8.99. The lowest BCUT2D eigenvalue weighted by Crippen LogP contribution is -2.51. The third kappa shape index (κ3) is 7.44. The van der Waals surface area contributed by atoms with Crippen LogP contribution in [0.3, 0.4) is 0 Å². The Morgan fingerprint density at radius 1 is 0.652 bits per heavy atom. The molecule has 2 aromatic heterocycles. The van der Waals surface area contributed by atoms with Crippen LogP contribution in [-0.4, -0.2) is 35.5 Å². The maximum Gasteiger partial charge on any atom is 0.416 e. The fraction of sp³-hybridized carbons (Fsp3) is 0.515. The van der Waals surface area contributed by atoms with Crippen LogP contribution < -0.4 is 0 Å². The molecule has 2 atom stereocenters. The molecule has 0 spiro atoms. The number of halogens is 7. The maximum absolute atomic E-state index is 14.5. The standard InChI is InChI=1S/C18H24F3N3.C15H17F4N3/c1-13(2)17(16(3,4)5,10-24-12-22-11-23-24)14-6-8-15(9-7-14)18(19,20)21;1-10(2)15(14(3,18)19,7-22-9-20-8-21-22)12-5-4-11(16)6-13(12)17/h6-9,11-13H,10H2,1-5H3;4-6,8-10H,7H2,1-3H3/t17-;15-/m00/s1. The van der Waals surface area contributed by atoms with Crippen molar-refractivity contribution in [2.45, 2.75) is 91.4 Å². The number of rotatable bonds is 9. The van der Waals surface area contributed by atoms with E-state index in [-0.39, 0.29) is 28.9 Å². The summed E-state index contributed by atoms with van der Waals surface area (Å²) in [6.07, 6.45) is 1.31. The van der Waals surface area contributed by atoms with Gasteiger partial charge in [-0.15, -0.1) is 0 Å². The van der Waals surface area contributed by atoms with E-state index in [9.17, 15) is 30.7 Å². The first-order valence-electron chi connectivity index (χ1n) is 14.8. The molecule has 4 aromatic rings. The SMILES string of the molecule is CC(C)[C@@](Cn1cncn1)(c1ccc(C(F)(F)F)cc1)C(C)(C)C.CC(C)[C@@](Cn1cncn1)(c1ccc(F)cc1F)C(C)(F)F. The first-order valence-corrected chi connectivity index (χ1v) is 14.8. The molecule has 252 valence electrons. The minimum atomic E-state index is -4.33. The van der Waals surface area contributed by atoms with Gasteiger partial charge in [-0.3, -0.25) is 9.36 Å². The van der Waals surface area contributed by atoms with Gasteiger partial charge >= 0.3 is 6.18 Å². The van der Waals surface area contributed by atoms with Crippen molar-refractivity contribution in [2.75, 3.05) is 0 Å². The van der Waals surface area contributed by atoms with Gasteiger partial charge < -0.3 is 0 Å². The van der Waals surface area contributed by atoms with Crippen molar-refractivity contribution in [1.82, 2.24) is 29.5 Å². The highest BCUT2D eigenvalue weighted by atomic mass is 19.4. The van der Waals surface area contributed by atoms with Crippen LogP contribution in [0.2, 0.25) is 0 Å². The molecule has 0 aliphatic heterocycles. The molecular weight excluding hydrogens is 613 g/mol. The molecule has 0 bridgehead atoms. The predicted molar refractivity (Wildman–Crippen MR) is 161 cm³/mol. The molecule has 2 aromatic carbocycles. The van der Waals surface area contributed by atoms with Gasteiger partial charge in [0.25, 0.3) is 5.92 Å². The largest absolute Gasteiger partial charge is 0.416 e. The zero-order valence-electron chi connectivity index (χ0n) is 27.2. The van der Waals surface area contributed by atoms with Crippen LogP contribution in [0.5, 0.6) is 0 Å². The molecule has 6 nitrogen and oxygen atoms in total. The van der Waals surface area contributed by atoms with E-state index in [0.29, 0.717) is 12.6 Å². The van der Waals surface area contributed by atoms with Gasteiger partial charge in [0, 0.05) is 24.0 Å². The molecule has 2 heterocycles. The van der Waals surface area contributed by atoms with Gasteiger partial charge in [-0.2, -0.15) is 23.4 Å². The summed E-state index contributed by atoms with van der Waals surface area (Å²) in [6, 6.07) is 8.23. The number of alkyl halides is 5. The van der Waals surface area contributed by atoms with E-state index in [4.69, 9.17) is 0 Å². The molecule has 0 fully saturated rings. The highest BCUT2D eigenvalue weighted by molar-refractivity contribution is 5.34. The van der Waals surface area contributed by atoms with E-state index in [2.05, 4.69) is 54.8 Å². The molecule has 0 N–H and O–H groups in total. The molecule has 0 saturated carbocycles. The van der Waals surface area contributed by atoms with Crippen molar-refractivity contribution in [1.29, 1.82) is 0 Å². The van der Waals surface area contributed by atoms with E-state index in [1.54, 1.807) is 37.0 Å². The maximum atomic E-state index is 14.5. The van der Waals surface area contributed by atoms with Crippen LogP contribution in [-0.2, 0) is 30.1 Å². The molecule has 0 aliphatic carbocycles. The third-order valence-electron chi connectivity index (χ3n) is 8.99. The summed E-state index contributed by atoms with van der Waals surface area (Å²) < 4.78 is 98.1. The Morgan fingerprint density at radius 3 is 1.46 bits per heavy atom. The Hall–Kier alpha value is -3.77. The lowest BCUT2D eigenvalue weighted by atomic mass is 9.57. The van der Waals surface area contributed by atoms with Gasteiger partial charge in [-0.1, -0.05) is 66.7 Å². The molecule has 0 aliphatic rings. The second-order valence-corrected chi connectivity index (χ2v) is 13.3. The van der Waals surface area contributed by atoms with E-state index in [1.807, 2.05) is 0 Å². The normalized spacial score (nSPS) is 15.3. The van der Waals surface area contributed by atoms with Gasteiger partial charge in [-0.05, 0) is 41.0 Å². The molecule has 46 heavy (non-hydrogen) atoms. The van der Waals surface area contributed by atoms with Gasteiger partial charge in [0.1, 0.15) is 36.9 Å². The van der Waals surface area contributed by atoms with Crippen molar-refractivity contribution >= 4 is 0 Å². The topological polar surface area (TPSA) is 61.4 Å². The fourth-order valence-electron chi connectivity index (χ4n) is 6.55. The Morgan fingerprint density at radius 2 is 1.11 bits per heavy atom. The molecule has 0 saturated heterocycles. The monoisotopic (exact) mass is 654 g/mol. The first kappa shape index (κ1) is 36.7. The minimum absolute atomic E-state index is 0.188. The Labute approximate surface area is 265 Å². The number of aromatic nitrogens is 6. The average molecular weight is 655 g/mol. The molecule has 0 unspecified atom stereocenters. The lowest BCUT2D eigenvalue weighted by molar-refractivity contribution is -0.137. The molecule has 0 radical (unpaired) electrons. The van der Waals surface area contributed by atoms with Gasteiger partial charge in [-0.25, -0.2) is 27.5 Å². The summed E-state index contributed by atoms with van der Waals surface area (Å²) in [4.78, 5) is 7.72. The van der Waals surface area contributed by atoms with Gasteiger partial charge in [0.05, 0.1) is 24.1 Å². The number of nitrogens with zero attached hydrogens (tertiary/aromatic N) is 6. The molecule has 0 amide bonds. The average Bonchev–Trinajstić information content (AvgIpc) is 3.63. The number of benzene rings is 2. The van der Waals surface area contributed by atoms with Crippen LogP contribution in [0.25, 0.3) is 0 Å². The molecule has 4 rings (SSSR count). The summed E-state index contributed by atoms with van der Waals surface area (Å²) in [5.41, 5.74) is -2.42. The van der Waals surface area contributed by atoms with Crippen molar-refractivity contribution in [3.8, 4) is 0 Å². The van der Waals surface area contributed by atoms with E-state index >= 15 is 0 Å². The van der Waals surface area contributed by atoms with Crippen molar-refractivity contribution in [2.24, 2.45) is 17.3 Å². The van der Waals surface area contributed by atoms with Crippen LogP contribution >= 0.6 is 0 Å².